The smallest absolute Gasteiger partial charge is 0.279 e. The molecule has 132 valence electrons. The van der Waals surface area contributed by atoms with Crippen molar-refractivity contribution in [3.8, 4) is 0 Å². The van der Waals surface area contributed by atoms with Crippen LogP contribution in [0.15, 0.2) is 30.3 Å². The molecule has 0 bridgehead atoms. The summed E-state index contributed by atoms with van der Waals surface area (Å²) in [7, 11) is -3.56. The molecular formula is C16H23N3O4S. The van der Waals surface area contributed by atoms with Crippen LogP contribution in [0.25, 0.3) is 0 Å². The highest BCUT2D eigenvalue weighted by molar-refractivity contribution is 7.87. The van der Waals surface area contributed by atoms with Gasteiger partial charge < -0.3 is 9.64 Å². The topological polar surface area (TPSA) is 79.0 Å². The molecule has 0 unspecified atom stereocenters. The highest BCUT2D eigenvalue weighted by Gasteiger charge is 2.34. The minimum absolute atomic E-state index is 0.000564. The van der Waals surface area contributed by atoms with Gasteiger partial charge in [-0.1, -0.05) is 30.3 Å². The van der Waals surface area contributed by atoms with Crippen molar-refractivity contribution in [2.24, 2.45) is 0 Å². The molecule has 0 aliphatic carbocycles. The van der Waals surface area contributed by atoms with Crippen LogP contribution in [0.1, 0.15) is 12.0 Å². The van der Waals surface area contributed by atoms with Crippen LogP contribution < -0.4 is 4.72 Å². The van der Waals surface area contributed by atoms with Gasteiger partial charge in [0.15, 0.2) is 0 Å². The van der Waals surface area contributed by atoms with Crippen molar-refractivity contribution >= 4 is 16.1 Å². The van der Waals surface area contributed by atoms with Crippen molar-refractivity contribution in [1.82, 2.24) is 13.9 Å². The van der Waals surface area contributed by atoms with Crippen LogP contribution in [-0.4, -0.2) is 69.0 Å². The maximum absolute atomic E-state index is 12.4. The number of morpholine rings is 1. The van der Waals surface area contributed by atoms with E-state index in [1.54, 1.807) is 4.90 Å². The maximum Gasteiger partial charge on any atom is 0.279 e. The van der Waals surface area contributed by atoms with E-state index in [2.05, 4.69) is 4.72 Å². The molecule has 2 aliphatic rings. The Morgan fingerprint density at radius 1 is 1.17 bits per heavy atom. The van der Waals surface area contributed by atoms with Crippen molar-refractivity contribution in [1.29, 1.82) is 0 Å². The van der Waals surface area contributed by atoms with Crippen molar-refractivity contribution in [2.45, 2.75) is 18.9 Å². The molecule has 7 nitrogen and oxygen atoms in total. The normalized spacial score (nSPS) is 22.9. The first-order valence-corrected chi connectivity index (χ1v) is 9.65. The number of amides is 1. The van der Waals surface area contributed by atoms with E-state index in [1.807, 2.05) is 30.3 Å². The molecule has 8 heteroatoms. The SMILES string of the molecule is O=C1C[C@H](NS(=O)(=O)N2CCOCC2)CN1CCc1ccccc1. The Labute approximate surface area is 142 Å². The Morgan fingerprint density at radius 2 is 1.88 bits per heavy atom. The third-order valence-electron chi connectivity index (χ3n) is 4.35. The third kappa shape index (κ3) is 4.32. The van der Waals surface area contributed by atoms with E-state index >= 15 is 0 Å². The van der Waals surface area contributed by atoms with Gasteiger partial charge in [-0.2, -0.15) is 17.4 Å². The van der Waals surface area contributed by atoms with E-state index in [0.29, 0.717) is 39.4 Å². The Hall–Kier alpha value is -1.48. The molecule has 1 atom stereocenters. The van der Waals surface area contributed by atoms with E-state index in [1.165, 1.54) is 9.87 Å². The number of hydrogen-bond acceptors (Lipinski definition) is 4. The molecule has 2 aliphatic heterocycles. The molecule has 2 saturated heterocycles. The average Bonchev–Trinajstić information content (AvgIpc) is 2.93. The molecule has 1 amide bonds. The predicted molar refractivity (Wildman–Crippen MR) is 89.6 cm³/mol. The number of carbonyl (C=O) groups is 1. The molecule has 1 N–H and O–H groups in total. The number of ether oxygens (including phenoxy) is 1. The summed E-state index contributed by atoms with van der Waals surface area (Å²) in [5.74, 6) is 0.000564. The first-order valence-electron chi connectivity index (χ1n) is 8.21. The summed E-state index contributed by atoms with van der Waals surface area (Å²) in [6, 6.07) is 9.60. The fraction of sp³-hybridized carbons (Fsp3) is 0.562. The minimum atomic E-state index is -3.56. The minimum Gasteiger partial charge on any atom is -0.379 e. The second-order valence-electron chi connectivity index (χ2n) is 6.11. The summed E-state index contributed by atoms with van der Waals surface area (Å²) in [6.45, 7) is 2.57. The van der Waals surface area contributed by atoms with E-state index in [-0.39, 0.29) is 18.4 Å². The van der Waals surface area contributed by atoms with Gasteiger partial charge in [0.25, 0.3) is 10.2 Å². The summed E-state index contributed by atoms with van der Waals surface area (Å²) in [4.78, 5) is 13.9. The lowest BCUT2D eigenvalue weighted by atomic mass is 10.1. The molecular weight excluding hydrogens is 330 g/mol. The van der Waals surface area contributed by atoms with Gasteiger partial charge >= 0.3 is 0 Å². The van der Waals surface area contributed by atoms with Gasteiger partial charge in [-0.05, 0) is 12.0 Å². The van der Waals surface area contributed by atoms with Crippen LogP contribution in [-0.2, 0) is 26.2 Å². The zero-order valence-electron chi connectivity index (χ0n) is 13.6. The Bertz CT molecular complexity index is 659. The first-order chi connectivity index (χ1) is 11.5. The number of nitrogens with zero attached hydrogens (tertiary/aromatic N) is 2. The summed E-state index contributed by atoms with van der Waals surface area (Å²) < 4.78 is 34.0. The van der Waals surface area contributed by atoms with Crippen LogP contribution in [0.4, 0.5) is 0 Å². The van der Waals surface area contributed by atoms with Gasteiger partial charge in [-0.3, -0.25) is 4.79 Å². The van der Waals surface area contributed by atoms with Gasteiger partial charge in [0.2, 0.25) is 5.91 Å². The molecule has 0 saturated carbocycles. The fourth-order valence-corrected chi connectivity index (χ4v) is 4.41. The number of nitrogens with one attached hydrogen (secondary N) is 1. The molecule has 0 aromatic heterocycles. The highest BCUT2D eigenvalue weighted by atomic mass is 32.2. The number of carbonyl (C=O) groups excluding carboxylic acids is 1. The quantitative estimate of drug-likeness (QED) is 0.781. The second kappa shape index (κ2) is 7.60. The van der Waals surface area contributed by atoms with Gasteiger partial charge in [-0.25, -0.2) is 0 Å². The monoisotopic (exact) mass is 353 g/mol. The number of rotatable bonds is 6. The summed E-state index contributed by atoms with van der Waals surface area (Å²) in [6.07, 6.45) is 0.994. The zero-order valence-corrected chi connectivity index (χ0v) is 14.4. The maximum atomic E-state index is 12.4. The number of hydrogen-bond donors (Lipinski definition) is 1. The summed E-state index contributed by atoms with van der Waals surface area (Å²) in [5, 5.41) is 0. The van der Waals surface area contributed by atoms with E-state index in [0.717, 1.165) is 6.42 Å². The predicted octanol–water partition coefficient (Wildman–Crippen LogP) is -0.00340. The average molecular weight is 353 g/mol. The molecule has 24 heavy (non-hydrogen) atoms. The molecule has 0 radical (unpaired) electrons. The van der Waals surface area contributed by atoms with Crippen LogP contribution in [0, 0.1) is 0 Å². The lowest BCUT2D eigenvalue weighted by molar-refractivity contribution is -0.127. The standard InChI is InChI=1S/C16H23N3O4S/c20-16-12-15(17-24(21,22)19-8-10-23-11-9-19)13-18(16)7-6-14-4-2-1-3-5-14/h1-5,15,17H,6-13H2/t15-/m0/s1. The van der Waals surface area contributed by atoms with Crippen LogP contribution in [0.3, 0.4) is 0 Å². The molecule has 1 aromatic rings. The highest BCUT2D eigenvalue weighted by Crippen LogP contribution is 2.14. The Morgan fingerprint density at radius 3 is 2.58 bits per heavy atom. The molecule has 0 spiro atoms. The third-order valence-corrected chi connectivity index (χ3v) is 6.03. The van der Waals surface area contributed by atoms with E-state index in [4.69, 9.17) is 4.74 Å². The molecule has 2 heterocycles. The zero-order chi connectivity index (χ0) is 17.0. The summed E-state index contributed by atoms with van der Waals surface area (Å²) in [5.41, 5.74) is 1.17. The fourth-order valence-electron chi connectivity index (χ4n) is 3.05. The summed E-state index contributed by atoms with van der Waals surface area (Å²) >= 11 is 0. The van der Waals surface area contributed by atoms with Gasteiger partial charge in [0.05, 0.1) is 13.2 Å². The lowest BCUT2D eigenvalue weighted by Crippen LogP contribution is -2.50. The van der Waals surface area contributed by atoms with Crippen molar-refractivity contribution in [2.75, 3.05) is 39.4 Å². The van der Waals surface area contributed by atoms with Crippen LogP contribution in [0.2, 0.25) is 0 Å². The van der Waals surface area contributed by atoms with E-state index < -0.39 is 10.2 Å². The van der Waals surface area contributed by atoms with E-state index in [9.17, 15) is 13.2 Å². The van der Waals surface area contributed by atoms with Gasteiger partial charge in [0.1, 0.15) is 0 Å². The molecule has 2 fully saturated rings. The Kier molecular flexibility index (Phi) is 5.50. The van der Waals surface area contributed by atoms with Gasteiger partial charge in [0, 0.05) is 38.6 Å². The van der Waals surface area contributed by atoms with Crippen LogP contribution >= 0.6 is 0 Å². The number of benzene rings is 1. The molecule has 1 aromatic carbocycles. The van der Waals surface area contributed by atoms with Gasteiger partial charge in [-0.15, -0.1) is 0 Å². The first kappa shape index (κ1) is 17.3. The number of likely N-dealkylation sites (tertiary alicyclic amines) is 1. The van der Waals surface area contributed by atoms with Crippen molar-refractivity contribution in [3.05, 3.63) is 35.9 Å². The van der Waals surface area contributed by atoms with Crippen molar-refractivity contribution in [3.63, 3.8) is 0 Å². The lowest BCUT2D eigenvalue weighted by Gasteiger charge is -2.27. The molecule has 3 rings (SSSR count). The van der Waals surface area contributed by atoms with Crippen molar-refractivity contribution < 1.29 is 17.9 Å². The second-order valence-corrected chi connectivity index (χ2v) is 7.81. The largest absolute Gasteiger partial charge is 0.379 e. The van der Waals surface area contributed by atoms with Crippen LogP contribution in [0.5, 0.6) is 0 Å². The Balaban J connectivity index is 1.52.